The fourth-order valence-electron chi connectivity index (χ4n) is 2.22. The van der Waals surface area contributed by atoms with E-state index in [4.69, 9.17) is 0 Å². The number of aromatic amines is 1. The van der Waals surface area contributed by atoms with E-state index < -0.39 is 12.3 Å². The van der Waals surface area contributed by atoms with Gasteiger partial charge in [-0.3, -0.25) is 4.79 Å². The van der Waals surface area contributed by atoms with Crippen LogP contribution in [-0.4, -0.2) is 44.5 Å². The maximum atomic E-state index is 12.2. The number of hydrogen-bond donors (Lipinski definition) is 4. The number of alkyl halides is 3. The summed E-state index contributed by atoms with van der Waals surface area (Å²) in [5.41, 5.74) is 3.41. The van der Waals surface area contributed by atoms with Crippen molar-refractivity contribution in [2.24, 2.45) is 5.10 Å². The predicted molar refractivity (Wildman–Crippen MR) is 116 cm³/mol. The first-order valence-electron chi connectivity index (χ1n) is 8.66. The zero-order chi connectivity index (χ0) is 23.1. The van der Waals surface area contributed by atoms with Crippen molar-refractivity contribution in [1.29, 1.82) is 0 Å². The van der Waals surface area contributed by atoms with Gasteiger partial charge >= 0.3 is 6.36 Å². The van der Waals surface area contributed by atoms with Gasteiger partial charge in [0.2, 0.25) is 17.0 Å². The largest absolute Gasteiger partial charge is 0.573 e. The number of anilines is 2. The molecule has 1 heterocycles. The van der Waals surface area contributed by atoms with Crippen LogP contribution in [0.25, 0.3) is 0 Å². The number of halogens is 4. The Labute approximate surface area is 191 Å². The van der Waals surface area contributed by atoms with Gasteiger partial charge < -0.3 is 15.2 Å². The number of hydrogen-bond acceptors (Lipinski definition) is 8. The lowest BCUT2D eigenvalue weighted by atomic mass is 10.2. The Morgan fingerprint density at radius 2 is 2.03 bits per heavy atom. The second-order valence-corrected chi connectivity index (χ2v) is 7.81. The van der Waals surface area contributed by atoms with Gasteiger partial charge in [-0.05, 0) is 42.5 Å². The molecule has 1 amide bonds. The summed E-state index contributed by atoms with van der Waals surface area (Å²) >= 11 is 4.33. The Bertz CT molecular complexity index is 1110. The summed E-state index contributed by atoms with van der Waals surface area (Å²) in [6.07, 6.45) is -3.38. The summed E-state index contributed by atoms with van der Waals surface area (Å²) in [6.45, 7) is 0. The number of benzene rings is 2. The van der Waals surface area contributed by atoms with Crippen LogP contribution in [-0.2, 0) is 4.79 Å². The molecule has 4 N–H and O–H groups in total. The number of hydrazone groups is 1. The zero-order valence-corrected chi connectivity index (χ0v) is 18.3. The van der Waals surface area contributed by atoms with E-state index in [9.17, 15) is 23.1 Å². The van der Waals surface area contributed by atoms with Gasteiger partial charge in [0.25, 0.3) is 0 Å². The van der Waals surface area contributed by atoms with Gasteiger partial charge in [-0.1, -0.05) is 27.7 Å². The monoisotopic (exact) mass is 530 g/mol. The number of nitrogens with zero attached hydrogens (tertiary/aromatic N) is 3. The number of rotatable bonds is 8. The van der Waals surface area contributed by atoms with E-state index in [1.807, 2.05) is 0 Å². The number of nitrogens with one attached hydrogen (secondary N) is 3. The van der Waals surface area contributed by atoms with Gasteiger partial charge in [-0.25, -0.2) is 10.5 Å². The molecule has 0 spiro atoms. The van der Waals surface area contributed by atoms with Crippen LogP contribution in [0.15, 0.2) is 57.2 Å². The minimum absolute atomic E-state index is 0.0344. The van der Waals surface area contributed by atoms with Crippen molar-refractivity contribution >= 4 is 51.4 Å². The lowest BCUT2D eigenvalue weighted by molar-refractivity contribution is -0.274. The fraction of sp³-hybridized carbons (Fsp3) is 0.111. The standard InChI is InChI=1S/C18H14BrF3N6O3S/c19-11-1-6-14(29)10(7-11)8-23-26-16-25-17(28-27-16)32-9-15(30)24-12-2-4-13(5-3-12)31-18(20,21)22/h1-8,29H,9H2,(H,24,30)(H2,25,26,27,28)/b23-8-. The molecule has 0 bridgehead atoms. The second-order valence-electron chi connectivity index (χ2n) is 5.95. The first kappa shape index (κ1) is 23.4. The summed E-state index contributed by atoms with van der Waals surface area (Å²) in [7, 11) is 0. The highest BCUT2D eigenvalue weighted by Gasteiger charge is 2.30. The number of phenols is 1. The van der Waals surface area contributed by atoms with Crippen LogP contribution < -0.4 is 15.5 Å². The molecule has 0 unspecified atom stereocenters. The zero-order valence-electron chi connectivity index (χ0n) is 15.9. The molecular weight excluding hydrogens is 517 g/mol. The highest BCUT2D eigenvalue weighted by Crippen LogP contribution is 2.24. The molecule has 168 valence electrons. The topological polar surface area (TPSA) is 125 Å². The highest BCUT2D eigenvalue weighted by molar-refractivity contribution is 9.10. The molecule has 32 heavy (non-hydrogen) atoms. The SMILES string of the molecule is O=C(CSc1n[nH]c(N/N=C\c2cc(Br)ccc2O)n1)Nc1ccc(OC(F)(F)F)cc1. The van der Waals surface area contributed by atoms with Crippen molar-refractivity contribution in [3.8, 4) is 11.5 Å². The molecule has 0 saturated heterocycles. The third-order valence-electron chi connectivity index (χ3n) is 3.53. The van der Waals surface area contributed by atoms with Crippen LogP contribution in [0, 0.1) is 0 Å². The molecule has 0 fully saturated rings. The quantitative estimate of drug-likeness (QED) is 0.194. The molecule has 0 saturated carbocycles. The Balaban J connectivity index is 1.46. The number of amides is 1. The average Bonchev–Trinajstić information content (AvgIpc) is 3.17. The van der Waals surface area contributed by atoms with Gasteiger partial charge in [0.05, 0.1) is 12.0 Å². The van der Waals surface area contributed by atoms with E-state index in [2.05, 4.69) is 51.7 Å². The van der Waals surface area contributed by atoms with Crippen molar-refractivity contribution in [1.82, 2.24) is 15.2 Å². The van der Waals surface area contributed by atoms with Crippen LogP contribution in [0.1, 0.15) is 5.56 Å². The number of thioether (sulfide) groups is 1. The van der Waals surface area contributed by atoms with E-state index in [0.29, 0.717) is 11.3 Å². The number of H-pyrrole nitrogens is 1. The van der Waals surface area contributed by atoms with E-state index in [1.54, 1.807) is 12.1 Å². The summed E-state index contributed by atoms with van der Waals surface area (Å²) < 4.78 is 41.0. The van der Waals surface area contributed by atoms with Gasteiger partial charge in [0.1, 0.15) is 11.5 Å². The summed E-state index contributed by atoms with van der Waals surface area (Å²) in [5.74, 6) is -0.543. The van der Waals surface area contributed by atoms with Gasteiger partial charge in [0.15, 0.2) is 0 Å². The number of phenolic OH excluding ortho intramolecular Hbond substituents is 1. The van der Waals surface area contributed by atoms with Crippen LogP contribution in [0.5, 0.6) is 11.5 Å². The molecule has 2 aromatic carbocycles. The molecular formula is C18H14BrF3N6O3S. The van der Waals surface area contributed by atoms with Crippen LogP contribution >= 0.6 is 27.7 Å². The Morgan fingerprint density at radius 3 is 2.75 bits per heavy atom. The molecule has 0 aliphatic rings. The molecule has 0 aliphatic carbocycles. The smallest absolute Gasteiger partial charge is 0.507 e. The fourth-order valence-corrected chi connectivity index (χ4v) is 3.20. The lowest BCUT2D eigenvalue weighted by Crippen LogP contribution is -2.17. The maximum absolute atomic E-state index is 12.2. The van der Waals surface area contributed by atoms with Crippen molar-refractivity contribution in [2.75, 3.05) is 16.5 Å². The highest BCUT2D eigenvalue weighted by atomic mass is 79.9. The third kappa shape index (κ3) is 7.46. The van der Waals surface area contributed by atoms with Crippen LogP contribution in [0.2, 0.25) is 0 Å². The van der Waals surface area contributed by atoms with E-state index >= 15 is 0 Å². The van der Waals surface area contributed by atoms with Gasteiger partial charge in [-0.2, -0.15) is 10.1 Å². The van der Waals surface area contributed by atoms with E-state index in [0.717, 1.165) is 28.4 Å². The number of aromatic hydroxyl groups is 1. The van der Waals surface area contributed by atoms with Gasteiger partial charge in [-0.15, -0.1) is 18.3 Å². The third-order valence-corrected chi connectivity index (χ3v) is 4.87. The molecule has 1 aromatic heterocycles. The Kier molecular flexibility index (Phi) is 7.58. The predicted octanol–water partition coefficient (Wildman–Crippen LogP) is 4.35. The number of ether oxygens (including phenoxy) is 1. The van der Waals surface area contributed by atoms with Crippen molar-refractivity contribution in [2.45, 2.75) is 11.5 Å². The molecule has 3 rings (SSSR count). The number of carbonyl (C=O) groups is 1. The maximum Gasteiger partial charge on any atom is 0.573 e. The number of aromatic nitrogens is 3. The summed E-state index contributed by atoms with van der Waals surface area (Å²) in [5, 5.41) is 23.0. The van der Waals surface area contributed by atoms with Crippen LogP contribution in [0.3, 0.4) is 0 Å². The lowest BCUT2D eigenvalue weighted by Gasteiger charge is -2.09. The Morgan fingerprint density at radius 1 is 1.28 bits per heavy atom. The van der Waals surface area contributed by atoms with Crippen molar-refractivity contribution in [3.63, 3.8) is 0 Å². The molecule has 3 aromatic rings. The molecule has 0 atom stereocenters. The summed E-state index contributed by atoms with van der Waals surface area (Å²) in [6, 6.07) is 9.66. The van der Waals surface area contributed by atoms with Gasteiger partial charge in [0, 0.05) is 15.7 Å². The van der Waals surface area contributed by atoms with Crippen molar-refractivity contribution in [3.05, 3.63) is 52.5 Å². The minimum Gasteiger partial charge on any atom is -0.507 e. The minimum atomic E-state index is -4.78. The molecule has 9 nitrogen and oxygen atoms in total. The van der Waals surface area contributed by atoms with Crippen molar-refractivity contribution < 1.29 is 27.8 Å². The average molecular weight is 531 g/mol. The van der Waals surface area contributed by atoms with Crippen LogP contribution in [0.4, 0.5) is 24.8 Å². The first-order valence-corrected chi connectivity index (χ1v) is 10.4. The normalized spacial score (nSPS) is 11.5. The van der Waals surface area contributed by atoms with E-state index in [-0.39, 0.29) is 28.4 Å². The molecule has 14 heteroatoms. The first-order chi connectivity index (χ1) is 15.2. The second kappa shape index (κ2) is 10.4. The molecule has 0 radical (unpaired) electrons. The molecule has 0 aliphatic heterocycles. The Hall–Kier alpha value is -3.26. The number of carbonyl (C=O) groups excluding carboxylic acids is 1. The van der Waals surface area contributed by atoms with E-state index in [1.165, 1.54) is 24.4 Å². The summed E-state index contributed by atoms with van der Waals surface area (Å²) in [4.78, 5) is 16.1.